The zero-order valence-corrected chi connectivity index (χ0v) is 10.8. The Kier molecular flexibility index (Phi) is 3.08. The second-order valence-corrected chi connectivity index (χ2v) is 4.58. The van der Waals surface area contributed by atoms with E-state index >= 15 is 0 Å². The second kappa shape index (κ2) is 4.89. The maximum Gasteiger partial charge on any atom is 0.274 e. The van der Waals surface area contributed by atoms with Gasteiger partial charge in [0.05, 0.1) is 6.54 Å². The maximum absolute atomic E-state index is 12.3. The predicted molar refractivity (Wildman–Crippen MR) is 68.4 cm³/mol. The van der Waals surface area contributed by atoms with E-state index in [-0.39, 0.29) is 5.91 Å². The SMILES string of the molecule is COCn1ccc(C(=O)N2CCn3cccc3C2)n1. The summed E-state index contributed by atoms with van der Waals surface area (Å²) in [7, 11) is 1.60. The molecule has 0 spiro atoms. The van der Waals surface area contributed by atoms with Crippen LogP contribution in [-0.4, -0.2) is 38.8 Å². The van der Waals surface area contributed by atoms with Crippen LogP contribution in [0.25, 0.3) is 0 Å². The molecule has 1 amide bonds. The third-order valence-electron chi connectivity index (χ3n) is 3.30. The molecule has 0 bridgehead atoms. The highest BCUT2D eigenvalue weighted by atomic mass is 16.5. The van der Waals surface area contributed by atoms with Gasteiger partial charge in [0, 0.05) is 38.3 Å². The summed E-state index contributed by atoms with van der Waals surface area (Å²) in [6.45, 7) is 2.56. The largest absolute Gasteiger partial charge is 0.362 e. The Morgan fingerprint density at radius 2 is 2.26 bits per heavy atom. The summed E-state index contributed by atoms with van der Waals surface area (Å²) in [5, 5.41) is 4.21. The van der Waals surface area contributed by atoms with Gasteiger partial charge in [-0.3, -0.25) is 4.79 Å². The van der Waals surface area contributed by atoms with Crippen LogP contribution >= 0.6 is 0 Å². The molecular weight excluding hydrogens is 244 g/mol. The molecule has 0 unspecified atom stereocenters. The minimum absolute atomic E-state index is 0.0256. The Bertz CT molecular complexity index is 587. The fourth-order valence-electron chi connectivity index (χ4n) is 2.33. The van der Waals surface area contributed by atoms with Crippen LogP contribution < -0.4 is 0 Å². The monoisotopic (exact) mass is 260 g/mol. The Balaban J connectivity index is 1.74. The summed E-state index contributed by atoms with van der Waals surface area (Å²) in [6, 6.07) is 5.79. The minimum atomic E-state index is -0.0256. The number of hydrogen-bond donors (Lipinski definition) is 0. The third kappa shape index (κ3) is 2.26. The number of carbonyl (C=O) groups excluding carboxylic acids is 1. The number of ether oxygens (including phenoxy) is 1. The molecule has 6 heteroatoms. The molecule has 2 aromatic rings. The third-order valence-corrected chi connectivity index (χ3v) is 3.30. The topological polar surface area (TPSA) is 52.3 Å². The first kappa shape index (κ1) is 12.0. The first-order valence-electron chi connectivity index (χ1n) is 6.23. The molecule has 0 N–H and O–H groups in total. The highest BCUT2D eigenvalue weighted by molar-refractivity contribution is 5.92. The van der Waals surface area contributed by atoms with Crippen LogP contribution in [0.1, 0.15) is 16.2 Å². The van der Waals surface area contributed by atoms with Crippen molar-refractivity contribution in [1.29, 1.82) is 0 Å². The van der Waals surface area contributed by atoms with Gasteiger partial charge in [-0.1, -0.05) is 0 Å². The summed E-state index contributed by atoms with van der Waals surface area (Å²) >= 11 is 0. The van der Waals surface area contributed by atoms with Gasteiger partial charge in [-0.2, -0.15) is 5.10 Å². The lowest BCUT2D eigenvalue weighted by molar-refractivity contribution is 0.0700. The Morgan fingerprint density at radius 3 is 3.11 bits per heavy atom. The summed E-state index contributed by atoms with van der Waals surface area (Å²) in [5.41, 5.74) is 1.63. The van der Waals surface area contributed by atoms with Gasteiger partial charge in [0.1, 0.15) is 12.4 Å². The van der Waals surface area contributed by atoms with Crippen molar-refractivity contribution in [1.82, 2.24) is 19.2 Å². The molecule has 1 aliphatic heterocycles. The average Bonchev–Trinajstić information content (AvgIpc) is 3.05. The first-order valence-corrected chi connectivity index (χ1v) is 6.23. The summed E-state index contributed by atoms with van der Waals surface area (Å²) in [5.74, 6) is -0.0256. The smallest absolute Gasteiger partial charge is 0.274 e. The van der Waals surface area contributed by atoms with Crippen LogP contribution in [0.2, 0.25) is 0 Å². The van der Waals surface area contributed by atoms with Crippen LogP contribution in [0.4, 0.5) is 0 Å². The normalized spacial score (nSPS) is 14.5. The number of carbonyl (C=O) groups is 1. The minimum Gasteiger partial charge on any atom is -0.362 e. The Labute approximate surface area is 111 Å². The molecule has 1 aliphatic rings. The van der Waals surface area contributed by atoms with E-state index in [4.69, 9.17) is 4.74 Å². The van der Waals surface area contributed by atoms with E-state index in [0.29, 0.717) is 19.0 Å². The number of aromatic nitrogens is 3. The lowest BCUT2D eigenvalue weighted by Crippen LogP contribution is -2.38. The number of hydrogen-bond acceptors (Lipinski definition) is 3. The quantitative estimate of drug-likeness (QED) is 0.825. The zero-order chi connectivity index (χ0) is 13.2. The van der Waals surface area contributed by atoms with Crippen LogP contribution in [0.15, 0.2) is 30.6 Å². The van der Waals surface area contributed by atoms with Gasteiger partial charge in [0.25, 0.3) is 5.91 Å². The molecule has 0 radical (unpaired) electrons. The number of nitrogens with zero attached hydrogens (tertiary/aromatic N) is 4. The van der Waals surface area contributed by atoms with E-state index in [1.807, 2.05) is 23.2 Å². The molecule has 100 valence electrons. The molecule has 0 atom stereocenters. The zero-order valence-electron chi connectivity index (χ0n) is 10.8. The summed E-state index contributed by atoms with van der Waals surface area (Å²) < 4.78 is 8.76. The van der Waals surface area contributed by atoms with Crippen LogP contribution in [0.3, 0.4) is 0 Å². The molecule has 0 aromatic carbocycles. The molecule has 2 aromatic heterocycles. The second-order valence-electron chi connectivity index (χ2n) is 4.58. The van der Waals surface area contributed by atoms with Gasteiger partial charge in [0.2, 0.25) is 0 Å². The van der Waals surface area contributed by atoms with Gasteiger partial charge in [-0.15, -0.1) is 0 Å². The summed E-state index contributed by atoms with van der Waals surface area (Å²) in [4.78, 5) is 14.2. The van der Waals surface area contributed by atoms with Crippen molar-refractivity contribution in [2.75, 3.05) is 13.7 Å². The standard InChI is InChI=1S/C13H16N4O2/c1-19-10-17-6-4-12(14-17)13(18)16-8-7-15-5-2-3-11(15)9-16/h2-6H,7-10H2,1H3. The van der Waals surface area contributed by atoms with Crippen molar-refractivity contribution >= 4 is 5.91 Å². The van der Waals surface area contributed by atoms with Crippen molar-refractivity contribution in [3.05, 3.63) is 42.0 Å². The molecule has 19 heavy (non-hydrogen) atoms. The Hall–Kier alpha value is -2.08. The molecule has 6 nitrogen and oxygen atoms in total. The number of amides is 1. The van der Waals surface area contributed by atoms with Crippen LogP contribution in [0.5, 0.6) is 0 Å². The van der Waals surface area contributed by atoms with Gasteiger partial charge in [-0.05, 0) is 18.2 Å². The number of rotatable bonds is 3. The Morgan fingerprint density at radius 1 is 1.37 bits per heavy atom. The fraction of sp³-hybridized carbons (Fsp3) is 0.385. The van der Waals surface area contributed by atoms with Crippen molar-refractivity contribution in [3.63, 3.8) is 0 Å². The number of methoxy groups -OCH3 is 1. The van der Waals surface area contributed by atoms with E-state index in [1.165, 1.54) is 0 Å². The molecule has 0 aliphatic carbocycles. The summed E-state index contributed by atoms with van der Waals surface area (Å²) in [6.07, 6.45) is 3.80. The highest BCUT2D eigenvalue weighted by Gasteiger charge is 2.22. The van der Waals surface area contributed by atoms with E-state index in [9.17, 15) is 4.79 Å². The molecule has 0 saturated carbocycles. The van der Waals surface area contributed by atoms with Crippen LogP contribution in [-0.2, 0) is 24.6 Å². The van der Waals surface area contributed by atoms with E-state index in [0.717, 1.165) is 18.8 Å². The maximum atomic E-state index is 12.3. The lowest BCUT2D eigenvalue weighted by atomic mass is 10.2. The highest BCUT2D eigenvalue weighted by Crippen LogP contribution is 2.15. The van der Waals surface area contributed by atoms with Crippen LogP contribution in [0, 0.1) is 0 Å². The molecule has 0 saturated heterocycles. The van der Waals surface area contributed by atoms with Crippen molar-refractivity contribution in [2.45, 2.75) is 19.8 Å². The van der Waals surface area contributed by atoms with Gasteiger partial charge in [-0.25, -0.2) is 4.68 Å². The fourth-order valence-corrected chi connectivity index (χ4v) is 2.33. The average molecular weight is 260 g/mol. The van der Waals surface area contributed by atoms with E-state index < -0.39 is 0 Å². The lowest BCUT2D eigenvalue weighted by Gasteiger charge is -2.28. The van der Waals surface area contributed by atoms with E-state index in [1.54, 1.807) is 24.1 Å². The molecule has 0 fully saturated rings. The first-order chi connectivity index (χ1) is 9.28. The molecule has 3 heterocycles. The van der Waals surface area contributed by atoms with Crippen molar-refractivity contribution in [2.24, 2.45) is 0 Å². The van der Waals surface area contributed by atoms with Gasteiger partial charge in [0.15, 0.2) is 0 Å². The van der Waals surface area contributed by atoms with Crippen molar-refractivity contribution < 1.29 is 9.53 Å². The van der Waals surface area contributed by atoms with Crippen molar-refractivity contribution in [3.8, 4) is 0 Å². The van der Waals surface area contributed by atoms with Gasteiger partial charge < -0.3 is 14.2 Å². The van der Waals surface area contributed by atoms with E-state index in [2.05, 4.69) is 9.67 Å². The van der Waals surface area contributed by atoms with Gasteiger partial charge >= 0.3 is 0 Å². The molecular formula is C13H16N4O2. The number of fused-ring (bicyclic) bond motifs is 1. The molecule has 3 rings (SSSR count). The predicted octanol–water partition coefficient (Wildman–Crippen LogP) is 0.944.